The number of halogens is 2. The van der Waals surface area contributed by atoms with E-state index in [0.29, 0.717) is 9.26 Å². The first-order chi connectivity index (χ1) is 9.86. The summed E-state index contributed by atoms with van der Waals surface area (Å²) in [5.41, 5.74) is 0.581. The summed E-state index contributed by atoms with van der Waals surface area (Å²) in [6.07, 6.45) is 0.791. The molecule has 6 heteroatoms. The van der Waals surface area contributed by atoms with Crippen molar-refractivity contribution >= 4 is 40.1 Å². The molecule has 0 saturated carbocycles. The second-order valence-electron chi connectivity index (χ2n) is 5.35. The molecule has 1 aromatic carbocycles. The van der Waals surface area contributed by atoms with Crippen LogP contribution in [-0.4, -0.2) is 23.9 Å². The lowest BCUT2D eigenvalue weighted by Crippen LogP contribution is -2.64. The van der Waals surface area contributed by atoms with Crippen LogP contribution in [0.25, 0.3) is 0 Å². The Morgan fingerprint density at radius 1 is 1.43 bits per heavy atom. The molecule has 1 aliphatic heterocycles. The van der Waals surface area contributed by atoms with E-state index in [1.54, 1.807) is 13.0 Å². The van der Waals surface area contributed by atoms with Gasteiger partial charge < -0.3 is 5.32 Å². The van der Waals surface area contributed by atoms with Gasteiger partial charge in [-0.3, -0.25) is 14.5 Å². The number of nitrogens with zero attached hydrogens (tertiary/aromatic N) is 1. The van der Waals surface area contributed by atoms with Gasteiger partial charge in [0, 0.05) is 3.57 Å². The predicted octanol–water partition coefficient (Wildman–Crippen LogP) is 2.70. The van der Waals surface area contributed by atoms with Crippen LogP contribution in [-0.2, 0) is 9.59 Å². The Balaban J connectivity index is 2.43. The average molecular weight is 404 g/mol. The third-order valence-corrected chi connectivity index (χ3v) is 4.81. The quantitative estimate of drug-likeness (QED) is 0.788. The number of carbonyl (C=O) groups is 2. The van der Waals surface area contributed by atoms with Crippen molar-refractivity contribution in [2.45, 2.75) is 39.3 Å². The molecule has 1 aromatic rings. The molecule has 1 saturated heterocycles. The molecule has 0 spiro atoms. The van der Waals surface area contributed by atoms with Crippen LogP contribution in [0.2, 0.25) is 0 Å². The standard InChI is InChI=1S/C15H18FIN2O2/c1-4-8(2)13-15(21)19(9(3)14(20)18-13)12-6-5-10(16)7-11(12)17/h5-9,13H,4H2,1-3H3,(H,18,20). The van der Waals surface area contributed by atoms with Gasteiger partial charge in [-0.1, -0.05) is 20.3 Å². The molecule has 0 aromatic heterocycles. The van der Waals surface area contributed by atoms with E-state index in [1.165, 1.54) is 17.0 Å². The Kier molecular flexibility index (Phi) is 4.85. The first kappa shape index (κ1) is 16.2. The maximum Gasteiger partial charge on any atom is 0.250 e. The normalized spacial score (nSPS) is 24.0. The van der Waals surface area contributed by atoms with Gasteiger partial charge in [-0.05, 0) is 53.6 Å². The fourth-order valence-corrected chi connectivity index (χ4v) is 3.16. The number of hydrogen-bond acceptors (Lipinski definition) is 2. The monoisotopic (exact) mass is 404 g/mol. The summed E-state index contributed by atoms with van der Waals surface area (Å²) in [7, 11) is 0. The minimum absolute atomic E-state index is 0.0505. The van der Waals surface area contributed by atoms with Crippen LogP contribution in [0, 0.1) is 15.3 Å². The van der Waals surface area contributed by atoms with Crippen molar-refractivity contribution in [1.29, 1.82) is 0 Å². The van der Waals surface area contributed by atoms with Crippen LogP contribution in [0.5, 0.6) is 0 Å². The van der Waals surface area contributed by atoms with E-state index in [9.17, 15) is 14.0 Å². The molecule has 0 radical (unpaired) electrons. The minimum atomic E-state index is -0.600. The molecular weight excluding hydrogens is 386 g/mol. The molecule has 114 valence electrons. The molecule has 1 N–H and O–H groups in total. The highest BCUT2D eigenvalue weighted by Gasteiger charge is 2.41. The summed E-state index contributed by atoms with van der Waals surface area (Å²) in [5.74, 6) is -0.626. The van der Waals surface area contributed by atoms with Gasteiger partial charge >= 0.3 is 0 Å². The predicted molar refractivity (Wildman–Crippen MR) is 87.5 cm³/mol. The smallest absolute Gasteiger partial charge is 0.250 e. The van der Waals surface area contributed by atoms with Gasteiger partial charge in [-0.25, -0.2) is 4.39 Å². The minimum Gasteiger partial charge on any atom is -0.342 e. The van der Waals surface area contributed by atoms with Crippen LogP contribution >= 0.6 is 22.6 Å². The summed E-state index contributed by atoms with van der Waals surface area (Å²) in [4.78, 5) is 26.4. The van der Waals surface area contributed by atoms with E-state index < -0.39 is 12.1 Å². The largest absolute Gasteiger partial charge is 0.342 e. The fourth-order valence-electron chi connectivity index (χ4n) is 2.42. The van der Waals surface area contributed by atoms with E-state index in [0.717, 1.165) is 6.42 Å². The van der Waals surface area contributed by atoms with Crippen molar-refractivity contribution < 1.29 is 14.0 Å². The highest BCUT2D eigenvalue weighted by Crippen LogP contribution is 2.29. The zero-order valence-electron chi connectivity index (χ0n) is 12.2. The van der Waals surface area contributed by atoms with E-state index in [-0.39, 0.29) is 23.5 Å². The molecule has 4 nitrogen and oxygen atoms in total. The van der Waals surface area contributed by atoms with Gasteiger partial charge in [0.15, 0.2) is 0 Å². The maximum absolute atomic E-state index is 13.3. The van der Waals surface area contributed by atoms with Crippen LogP contribution in [0.4, 0.5) is 10.1 Å². The summed E-state index contributed by atoms with van der Waals surface area (Å²) in [6, 6.07) is 3.09. The zero-order valence-corrected chi connectivity index (χ0v) is 14.3. The van der Waals surface area contributed by atoms with Crippen molar-refractivity contribution in [2.75, 3.05) is 4.90 Å². The third kappa shape index (κ3) is 3.04. The van der Waals surface area contributed by atoms with Crippen molar-refractivity contribution in [3.8, 4) is 0 Å². The van der Waals surface area contributed by atoms with Gasteiger partial charge in [0.1, 0.15) is 17.9 Å². The first-order valence-electron chi connectivity index (χ1n) is 6.95. The molecule has 1 aliphatic rings. The molecule has 1 fully saturated rings. The van der Waals surface area contributed by atoms with Crippen molar-refractivity contribution in [3.05, 3.63) is 27.6 Å². The van der Waals surface area contributed by atoms with E-state index in [2.05, 4.69) is 5.32 Å². The molecule has 0 aliphatic carbocycles. The summed E-state index contributed by atoms with van der Waals surface area (Å²) >= 11 is 1.98. The Bertz CT molecular complexity index is 579. The number of piperazine rings is 1. The van der Waals surface area contributed by atoms with E-state index >= 15 is 0 Å². The fraction of sp³-hybridized carbons (Fsp3) is 0.467. The number of rotatable bonds is 3. The topological polar surface area (TPSA) is 49.4 Å². The van der Waals surface area contributed by atoms with Gasteiger partial charge in [-0.15, -0.1) is 0 Å². The van der Waals surface area contributed by atoms with Crippen LogP contribution < -0.4 is 10.2 Å². The van der Waals surface area contributed by atoms with Crippen molar-refractivity contribution in [1.82, 2.24) is 5.32 Å². The van der Waals surface area contributed by atoms with Crippen molar-refractivity contribution in [2.24, 2.45) is 5.92 Å². The second kappa shape index (κ2) is 6.29. The lowest BCUT2D eigenvalue weighted by Gasteiger charge is -2.39. The van der Waals surface area contributed by atoms with Crippen LogP contribution in [0.1, 0.15) is 27.2 Å². The zero-order chi connectivity index (χ0) is 15.7. The average Bonchev–Trinajstić information content (AvgIpc) is 2.44. The highest BCUT2D eigenvalue weighted by atomic mass is 127. The van der Waals surface area contributed by atoms with E-state index in [4.69, 9.17) is 0 Å². The van der Waals surface area contributed by atoms with Crippen LogP contribution in [0.3, 0.4) is 0 Å². The summed E-state index contributed by atoms with van der Waals surface area (Å²) in [6.45, 7) is 5.60. The van der Waals surface area contributed by atoms with Gasteiger partial charge in [-0.2, -0.15) is 0 Å². The number of anilines is 1. The van der Waals surface area contributed by atoms with E-state index in [1.807, 2.05) is 36.4 Å². The van der Waals surface area contributed by atoms with Gasteiger partial charge in [0.2, 0.25) is 5.91 Å². The Hall–Kier alpha value is -1.18. The molecule has 3 atom stereocenters. The number of benzene rings is 1. The molecule has 3 unspecified atom stereocenters. The molecular formula is C15H18FIN2O2. The SMILES string of the molecule is CCC(C)C1NC(=O)C(C)N(c2ccc(F)cc2I)C1=O. The second-order valence-corrected chi connectivity index (χ2v) is 6.51. The Labute approximate surface area is 137 Å². The van der Waals surface area contributed by atoms with Crippen LogP contribution in [0.15, 0.2) is 18.2 Å². The van der Waals surface area contributed by atoms with Gasteiger partial charge in [0.25, 0.3) is 5.91 Å². The molecule has 21 heavy (non-hydrogen) atoms. The number of nitrogens with one attached hydrogen (secondary N) is 1. The molecule has 2 amide bonds. The lowest BCUT2D eigenvalue weighted by atomic mass is 9.94. The highest BCUT2D eigenvalue weighted by molar-refractivity contribution is 14.1. The van der Waals surface area contributed by atoms with Gasteiger partial charge in [0.05, 0.1) is 5.69 Å². The Morgan fingerprint density at radius 2 is 2.10 bits per heavy atom. The third-order valence-electron chi connectivity index (χ3n) is 3.95. The molecule has 1 heterocycles. The number of amides is 2. The maximum atomic E-state index is 13.3. The molecule has 0 bridgehead atoms. The van der Waals surface area contributed by atoms with Crippen molar-refractivity contribution in [3.63, 3.8) is 0 Å². The molecule has 2 rings (SSSR count). The lowest BCUT2D eigenvalue weighted by molar-refractivity contribution is -0.134. The summed E-state index contributed by atoms with van der Waals surface area (Å²) in [5, 5.41) is 2.79. The first-order valence-corrected chi connectivity index (χ1v) is 8.03. The number of hydrogen-bond donors (Lipinski definition) is 1. The summed E-state index contributed by atoms with van der Waals surface area (Å²) < 4.78 is 13.9. The Morgan fingerprint density at radius 3 is 2.67 bits per heavy atom. The number of carbonyl (C=O) groups excluding carboxylic acids is 2.